The van der Waals surface area contributed by atoms with Crippen LogP contribution in [-0.2, 0) is 4.79 Å². The van der Waals surface area contributed by atoms with E-state index in [4.69, 9.17) is 9.47 Å². The first-order valence-electron chi connectivity index (χ1n) is 8.84. The summed E-state index contributed by atoms with van der Waals surface area (Å²) >= 11 is 0. The maximum atomic E-state index is 13.1. The largest absolute Gasteiger partial charge is 0.454 e. The molecule has 1 aromatic carbocycles. The molecule has 10 nitrogen and oxygen atoms in total. The summed E-state index contributed by atoms with van der Waals surface area (Å²) in [5.41, 5.74) is 0.573. The highest BCUT2D eigenvalue weighted by Crippen LogP contribution is 2.49. The fourth-order valence-corrected chi connectivity index (χ4v) is 4.22. The Morgan fingerprint density at radius 1 is 1.32 bits per heavy atom. The third-order valence-electron chi connectivity index (χ3n) is 5.30. The normalized spacial score (nSPS) is 24.1. The highest BCUT2D eigenvalue weighted by molar-refractivity contribution is 5.88. The molecule has 2 aliphatic heterocycles. The molecule has 0 saturated heterocycles. The van der Waals surface area contributed by atoms with Crippen LogP contribution >= 0.6 is 0 Å². The van der Waals surface area contributed by atoms with Crippen molar-refractivity contribution < 1.29 is 19.2 Å². The van der Waals surface area contributed by atoms with Crippen molar-refractivity contribution in [2.24, 2.45) is 11.3 Å². The number of anilines is 1. The molecule has 1 aromatic heterocycles. The summed E-state index contributed by atoms with van der Waals surface area (Å²) in [6.45, 7) is 3.96. The Morgan fingerprint density at radius 3 is 2.82 bits per heavy atom. The molecule has 0 radical (unpaired) electrons. The fourth-order valence-electron chi connectivity index (χ4n) is 4.22. The van der Waals surface area contributed by atoms with Crippen LogP contribution in [0, 0.1) is 21.4 Å². The van der Waals surface area contributed by atoms with E-state index in [0.717, 1.165) is 0 Å². The number of fused-ring (bicyclic) bond motifs is 3. The van der Waals surface area contributed by atoms with Gasteiger partial charge in [0.15, 0.2) is 11.5 Å². The molecule has 0 bridgehead atoms. The summed E-state index contributed by atoms with van der Waals surface area (Å²) in [7, 11) is 0. The summed E-state index contributed by atoms with van der Waals surface area (Å²) in [4.78, 5) is 28.6. The zero-order valence-corrected chi connectivity index (χ0v) is 15.2. The van der Waals surface area contributed by atoms with E-state index in [1.54, 1.807) is 6.07 Å². The van der Waals surface area contributed by atoms with E-state index in [0.29, 0.717) is 35.1 Å². The fraction of sp³-hybridized carbons (Fsp3) is 0.389. The Morgan fingerprint density at radius 2 is 2.07 bits per heavy atom. The predicted octanol–water partition coefficient (Wildman–Crippen LogP) is 2.43. The number of nitrogens with one attached hydrogen (secondary N) is 1. The van der Waals surface area contributed by atoms with Crippen molar-refractivity contribution in [3.63, 3.8) is 0 Å². The van der Waals surface area contributed by atoms with Gasteiger partial charge in [-0.15, -0.1) is 0 Å². The van der Waals surface area contributed by atoms with E-state index < -0.39 is 16.9 Å². The number of ether oxygens (including phenoxy) is 2. The molecule has 1 aliphatic carbocycles. The van der Waals surface area contributed by atoms with Crippen LogP contribution in [0.25, 0.3) is 0 Å². The topological polar surface area (TPSA) is 121 Å². The van der Waals surface area contributed by atoms with Crippen LogP contribution in [0.5, 0.6) is 11.5 Å². The minimum atomic E-state index is -0.705. The number of hydrogen-bond acceptors (Lipinski definition) is 8. The van der Waals surface area contributed by atoms with Crippen LogP contribution in [0.1, 0.15) is 31.9 Å². The van der Waals surface area contributed by atoms with Crippen LogP contribution < -0.4 is 14.8 Å². The van der Waals surface area contributed by atoms with Gasteiger partial charge in [0.2, 0.25) is 12.7 Å². The van der Waals surface area contributed by atoms with E-state index >= 15 is 0 Å². The van der Waals surface area contributed by atoms with E-state index in [9.17, 15) is 14.9 Å². The highest BCUT2D eigenvalue weighted by Gasteiger charge is 2.47. The Kier molecular flexibility index (Phi) is 3.31. The first kappa shape index (κ1) is 16.7. The van der Waals surface area contributed by atoms with E-state index in [1.165, 1.54) is 17.1 Å². The van der Waals surface area contributed by atoms with Gasteiger partial charge >= 0.3 is 0 Å². The van der Waals surface area contributed by atoms with Crippen molar-refractivity contribution in [1.29, 1.82) is 0 Å². The standard InChI is InChI=1S/C18H17N5O5/c1-18(2)5-10-15(12(24)6-18)16(22-17(21-10)19-7-20-22)9-3-13-14(28-8-27-13)4-11(9)23(25)26/h3-5,7,15-16H,6,8H2,1-2H3,(H,19,20,21)/t15-,16-/m1/s1. The molecule has 28 heavy (non-hydrogen) atoms. The average molecular weight is 383 g/mol. The SMILES string of the molecule is CC1(C)C=C2Nc3ncnn3[C@H](c3cc4c(cc3[N+](=O)[O-])OCO4)[C@H]2C(=O)C1. The van der Waals surface area contributed by atoms with Gasteiger partial charge in [0.25, 0.3) is 5.69 Å². The second-order valence-electron chi connectivity index (χ2n) is 7.83. The number of nitro groups is 1. The lowest BCUT2D eigenvalue weighted by atomic mass is 9.72. The lowest BCUT2D eigenvalue weighted by Crippen LogP contribution is -2.42. The number of carbonyl (C=O) groups is 1. The number of benzene rings is 1. The van der Waals surface area contributed by atoms with E-state index in [1.807, 2.05) is 19.9 Å². The summed E-state index contributed by atoms with van der Waals surface area (Å²) < 4.78 is 12.2. The molecule has 1 N–H and O–H groups in total. The second-order valence-corrected chi connectivity index (χ2v) is 7.83. The van der Waals surface area contributed by atoms with Gasteiger partial charge in [-0.25, -0.2) is 4.68 Å². The number of carbonyl (C=O) groups excluding carboxylic acids is 1. The van der Waals surface area contributed by atoms with Gasteiger partial charge in [-0.3, -0.25) is 14.9 Å². The van der Waals surface area contributed by atoms with Gasteiger partial charge < -0.3 is 14.8 Å². The second kappa shape index (κ2) is 5.54. The third kappa shape index (κ3) is 2.37. The van der Waals surface area contributed by atoms with Gasteiger partial charge in [-0.2, -0.15) is 10.1 Å². The molecule has 5 rings (SSSR count). The number of hydrogen-bond donors (Lipinski definition) is 1. The van der Waals surface area contributed by atoms with Crippen molar-refractivity contribution >= 4 is 17.4 Å². The average Bonchev–Trinajstić information content (AvgIpc) is 3.25. The van der Waals surface area contributed by atoms with Gasteiger partial charge in [0.1, 0.15) is 18.2 Å². The predicted molar refractivity (Wildman–Crippen MR) is 96.0 cm³/mol. The molecule has 2 atom stereocenters. The molecular weight excluding hydrogens is 366 g/mol. The van der Waals surface area contributed by atoms with Crippen molar-refractivity contribution in [3.8, 4) is 11.5 Å². The minimum Gasteiger partial charge on any atom is -0.454 e. The maximum absolute atomic E-state index is 13.1. The summed E-state index contributed by atoms with van der Waals surface area (Å²) in [6.07, 6.45) is 3.70. The molecule has 3 aliphatic rings. The van der Waals surface area contributed by atoms with Crippen molar-refractivity contribution in [2.45, 2.75) is 26.3 Å². The Bertz CT molecular complexity index is 1060. The molecule has 3 heterocycles. The lowest BCUT2D eigenvalue weighted by Gasteiger charge is -2.39. The van der Waals surface area contributed by atoms with Crippen LogP contribution in [0.4, 0.5) is 11.6 Å². The van der Waals surface area contributed by atoms with Crippen molar-refractivity contribution in [2.75, 3.05) is 12.1 Å². The van der Waals surface area contributed by atoms with Gasteiger partial charge in [0, 0.05) is 12.1 Å². The Labute approximate surface area is 159 Å². The molecular formula is C18H17N5O5. The quantitative estimate of drug-likeness (QED) is 0.620. The minimum absolute atomic E-state index is 0.00155. The molecule has 10 heteroatoms. The van der Waals surface area contributed by atoms with Gasteiger partial charge in [0.05, 0.1) is 22.5 Å². The Hall–Kier alpha value is -3.43. The molecule has 0 fully saturated rings. The molecule has 0 amide bonds. The number of nitrogens with zero attached hydrogens (tertiary/aromatic N) is 4. The van der Waals surface area contributed by atoms with E-state index in [-0.39, 0.29) is 23.7 Å². The van der Waals surface area contributed by atoms with Crippen molar-refractivity contribution in [1.82, 2.24) is 14.8 Å². The first-order valence-corrected chi connectivity index (χ1v) is 8.84. The number of rotatable bonds is 2. The molecule has 2 aromatic rings. The first-order chi connectivity index (χ1) is 13.3. The Balaban J connectivity index is 1.75. The zero-order chi connectivity index (χ0) is 19.6. The smallest absolute Gasteiger partial charge is 0.278 e. The summed E-state index contributed by atoms with van der Waals surface area (Å²) in [6, 6.07) is 2.22. The molecule has 0 unspecified atom stereocenters. The maximum Gasteiger partial charge on any atom is 0.278 e. The number of nitro benzene ring substituents is 1. The summed E-state index contributed by atoms with van der Waals surface area (Å²) in [5, 5.41) is 19.2. The third-order valence-corrected chi connectivity index (χ3v) is 5.30. The number of allylic oxidation sites excluding steroid dienone is 2. The lowest BCUT2D eigenvalue weighted by molar-refractivity contribution is -0.385. The highest BCUT2D eigenvalue weighted by atomic mass is 16.7. The van der Waals surface area contributed by atoms with Crippen LogP contribution in [0.15, 0.2) is 30.2 Å². The van der Waals surface area contributed by atoms with Gasteiger partial charge in [-0.05, 0) is 11.5 Å². The monoisotopic (exact) mass is 383 g/mol. The molecule has 144 valence electrons. The van der Waals surface area contributed by atoms with E-state index in [2.05, 4.69) is 15.4 Å². The van der Waals surface area contributed by atoms with Crippen LogP contribution in [-0.4, -0.2) is 32.3 Å². The number of Topliss-reactive ketones (excluding diaryl/α,β-unsaturated/α-hetero) is 1. The van der Waals surface area contributed by atoms with Gasteiger partial charge in [-0.1, -0.05) is 19.9 Å². The summed E-state index contributed by atoms with van der Waals surface area (Å²) in [5.74, 6) is 0.532. The van der Waals surface area contributed by atoms with Crippen LogP contribution in [0.2, 0.25) is 0 Å². The molecule has 0 saturated carbocycles. The van der Waals surface area contributed by atoms with Crippen molar-refractivity contribution in [3.05, 3.63) is 45.9 Å². The molecule has 0 spiro atoms. The zero-order valence-electron chi connectivity index (χ0n) is 15.2. The number of ketones is 1. The van der Waals surface area contributed by atoms with Crippen LogP contribution in [0.3, 0.4) is 0 Å². The number of aromatic nitrogens is 3.